The average molecular weight is 242 g/mol. The standard InChI is InChI=1S/C12H22N2O3/c1-12(2,3)17-11(16)14-8-4-5-10(14)9(7-15)13-6-8/h8-10,13,15H,4-7H2,1-3H3/t8-,9+,10+/m1/s1. The van der Waals surface area contributed by atoms with Gasteiger partial charge in [0.2, 0.25) is 0 Å². The van der Waals surface area contributed by atoms with Gasteiger partial charge in [0.15, 0.2) is 0 Å². The highest BCUT2D eigenvalue weighted by Crippen LogP contribution is 2.31. The molecule has 0 aliphatic carbocycles. The summed E-state index contributed by atoms with van der Waals surface area (Å²) >= 11 is 0. The van der Waals surface area contributed by atoms with Crippen LogP contribution in [0.3, 0.4) is 0 Å². The largest absolute Gasteiger partial charge is 0.444 e. The molecule has 2 N–H and O–H groups in total. The smallest absolute Gasteiger partial charge is 0.410 e. The Morgan fingerprint density at radius 1 is 1.47 bits per heavy atom. The van der Waals surface area contributed by atoms with E-state index in [-0.39, 0.29) is 30.8 Å². The molecule has 1 amide bonds. The Bertz CT molecular complexity index is 301. The maximum absolute atomic E-state index is 12.1. The molecule has 3 atom stereocenters. The number of carbonyl (C=O) groups excluding carboxylic acids is 1. The maximum atomic E-state index is 12.1. The molecule has 2 saturated heterocycles. The lowest BCUT2D eigenvalue weighted by Crippen LogP contribution is -2.61. The van der Waals surface area contributed by atoms with Gasteiger partial charge in [-0.05, 0) is 33.6 Å². The van der Waals surface area contributed by atoms with Crippen molar-refractivity contribution in [2.45, 2.75) is 57.3 Å². The van der Waals surface area contributed by atoms with Crippen LogP contribution in [0, 0.1) is 0 Å². The Balaban J connectivity index is 2.07. The van der Waals surface area contributed by atoms with E-state index in [4.69, 9.17) is 4.74 Å². The van der Waals surface area contributed by atoms with Gasteiger partial charge in [0, 0.05) is 12.6 Å². The number of hydrogen-bond acceptors (Lipinski definition) is 4. The van der Waals surface area contributed by atoms with Crippen molar-refractivity contribution in [3.63, 3.8) is 0 Å². The lowest BCUT2D eigenvalue weighted by Gasteiger charge is -2.40. The number of ether oxygens (including phenoxy) is 1. The molecule has 0 radical (unpaired) electrons. The minimum atomic E-state index is -0.462. The van der Waals surface area contributed by atoms with Crippen molar-refractivity contribution in [1.29, 1.82) is 0 Å². The normalized spacial score (nSPS) is 32.7. The fraction of sp³-hybridized carbons (Fsp3) is 0.917. The van der Waals surface area contributed by atoms with E-state index in [9.17, 15) is 9.90 Å². The van der Waals surface area contributed by atoms with Crippen molar-refractivity contribution in [3.8, 4) is 0 Å². The minimum absolute atomic E-state index is 0.0127. The summed E-state index contributed by atoms with van der Waals surface area (Å²) < 4.78 is 5.43. The molecule has 0 saturated carbocycles. The topological polar surface area (TPSA) is 61.8 Å². The van der Waals surface area contributed by atoms with Crippen LogP contribution in [0.2, 0.25) is 0 Å². The van der Waals surface area contributed by atoms with E-state index in [0.717, 1.165) is 19.4 Å². The number of nitrogens with zero attached hydrogens (tertiary/aromatic N) is 1. The van der Waals surface area contributed by atoms with Crippen LogP contribution in [-0.4, -0.2) is 53.0 Å². The van der Waals surface area contributed by atoms with Gasteiger partial charge in [0.1, 0.15) is 5.60 Å². The molecule has 0 aromatic carbocycles. The molecule has 0 spiro atoms. The van der Waals surface area contributed by atoms with E-state index in [1.807, 2.05) is 25.7 Å². The van der Waals surface area contributed by atoms with Crippen molar-refractivity contribution >= 4 is 6.09 Å². The Labute approximate surface area is 102 Å². The summed E-state index contributed by atoms with van der Waals surface area (Å²) in [5, 5.41) is 12.6. The zero-order valence-corrected chi connectivity index (χ0v) is 10.8. The second-order valence-corrected chi connectivity index (χ2v) is 5.88. The maximum Gasteiger partial charge on any atom is 0.410 e. The fourth-order valence-corrected chi connectivity index (χ4v) is 2.72. The molecule has 2 aliphatic rings. The van der Waals surface area contributed by atoms with E-state index >= 15 is 0 Å². The van der Waals surface area contributed by atoms with Crippen LogP contribution in [0.1, 0.15) is 33.6 Å². The van der Waals surface area contributed by atoms with Crippen LogP contribution >= 0.6 is 0 Å². The third-order valence-corrected chi connectivity index (χ3v) is 3.43. The number of hydrogen-bond donors (Lipinski definition) is 2. The van der Waals surface area contributed by atoms with E-state index in [2.05, 4.69) is 5.32 Å². The first-order valence-corrected chi connectivity index (χ1v) is 6.28. The highest BCUT2D eigenvalue weighted by molar-refractivity contribution is 5.70. The highest BCUT2D eigenvalue weighted by atomic mass is 16.6. The third kappa shape index (κ3) is 2.55. The van der Waals surface area contributed by atoms with Gasteiger partial charge in [-0.1, -0.05) is 0 Å². The molecule has 0 aromatic rings. The molecule has 0 aromatic heterocycles. The number of aliphatic hydroxyl groups is 1. The monoisotopic (exact) mass is 242 g/mol. The number of fused-ring (bicyclic) bond motifs is 2. The summed E-state index contributed by atoms with van der Waals surface area (Å²) in [7, 11) is 0. The molecule has 2 bridgehead atoms. The second kappa shape index (κ2) is 4.46. The lowest BCUT2D eigenvalue weighted by atomic mass is 10.1. The van der Waals surface area contributed by atoms with Gasteiger partial charge in [-0.2, -0.15) is 0 Å². The lowest BCUT2D eigenvalue weighted by molar-refractivity contribution is 0.000412. The molecule has 2 heterocycles. The Hall–Kier alpha value is -0.810. The molecule has 5 heteroatoms. The average Bonchev–Trinajstić information content (AvgIpc) is 2.52. The van der Waals surface area contributed by atoms with Crippen molar-refractivity contribution in [2.24, 2.45) is 0 Å². The van der Waals surface area contributed by atoms with Gasteiger partial charge in [0.05, 0.1) is 18.7 Å². The van der Waals surface area contributed by atoms with E-state index in [0.29, 0.717) is 0 Å². The first-order chi connectivity index (χ1) is 7.92. The van der Waals surface area contributed by atoms with Gasteiger partial charge in [-0.15, -0.1) is 0 Å². The molecule has 2 fully saturated rings. The van der Waals surface area contributed by atoms with E-state index in [1.165, 1.54) is 0 Å². The first-order valence-electron chi connectivity index (χ1n) is 6.28. The van der Waals surface area contributed by atoms with Gasteiger partial charge in [-0.3, -0.25) is 4.90 Å². The summed E-state index contributed by atoms with van der Waals surface area (Å²) in [5.74, 6) is 0. The van der Waals surface area contributed by atoms with Gasteiger partial charge in [-0.25, -0.2) is 4.79 Å². The highest BCUT2D eigenvalue weighted by Gasteiger charge is 2.45. The van der Waals surface area contributed by atoms with Crippen molar-refractivity contribution in [3.05, 3.63) is 0 Å². The SMILES string of the molecule is CC(C)(C)OC(=O)N1[C@@H]2CC[C@H]1[C@H](CO)NC2. The zero-order valence-electron chi connectivity index (χ0n) is 10.8. The van der Waals surface area contributed by atoms with Crippen molar-refractivity contribution < 1.29 is 14.6 Å². The number of piperazine rings is 1. The first kappa shape index (κ1) is 12.6. The van der Waals surface area contributed by atoms with Crippen LogP contribution in [0.5, 0.6) is 0 Å². The van der Waals surface area contributed by atoms with Crippen molar-refractivity contribution in [1.82, 2.24) is 10.2 Å². The van der Waals surface area contributed by atoms with Crippen LogP contribution in [0.4, 0.5) is 4.79 Å². The predicted octanol–water partition coefficient (Wildman–Crippen LogP) is 0.719. The molecule has 17 heavy (non-hydrogen) atoms. The quantitative estimate of drug-likeness (QED) is 0.711. The summed E-state index contributed by atoms with van der Waals surface area (Å²) in [5.41, 5.74) is -0.462. The van der Waals surface area contributed by atoms with Gasteiger partial charge >= 0.3 is 6.09 Å². The fourth-order valence-electron chi connectivity index (χ4n) is 2.72. The summed E-state index contributed by atoms with van der Waals surface area (Å²) in [4.78, 5) is 14.0. The molecule has 0 unspecified atom stereocenters. The van der Waals surface area contributed by atoms with Crippen LogP contribution in [-0.2, 0) is 4.74 Å². The molecule has 98 valence electrons. The molecular weight excluding hydrogens is 220 g/mol. The summed E-state index contributed by atoms with van der Waals surface area (Å²) in [6, 6.07) is 0.285. The Morgan fingerprint density at radius 3 is 2.76 bits per heavy atom. The molecule has 5 nitrogen and oxygen atoms in total. The van der Waals surface area contributed by atoms with E-state index < -0.39 is 5.60 Å². The summed E-state index contributed by atoms with van der Waals surface area (Å²) in [6.07, 6.45) is 1.69. The second-order valence-electron chi connectivity index (χ2n) is 5.88. The zero-order chi connectivity index (χ0) is 12.6. The molecule has 2 rings (SSSR count). The number of aliphatic hydroxyl groups excluding tert-OH is 1. The summed E-state index contributed by atoms with van der Waals surface area (Å²) in [6.45, 7) is 6.44. The van der Waals surface area contributed by atoms with Crippen LogP contribution in [0.15, 0.2) is 0 Å². The number of rotatable bonds is 1. The Kier molecular flexibility index (Phi) is 3.32. The Morgan fingerprint density at radius 2 is 2.18 bits per heavy atom. The van der Waals surface area contributed by atoms with E-state index in [1.54, 1.807) is 0 Å². The minimum Gasteiger partial charge on any atom is -0.444 e. The van der Waals surface area contributed by atoms with Gasteiger partial charge < -0.3 is 15.2 Å². The predicted molar refractivity (Wildman–Crippen MR) is 63.8 cm³/mol. The van der Waals surface area contributed by atoms with Crippen LogP contribution in [0.25, 0.3) is 0 Å². The van der Waals surface area contributed by atoms with Gasteiger partial charge in [0.25, 0.3) is 0 Å². The third-order valence-electron chi connectivity index (χ3n) is 3.43. The number of carbonyl (C=O) groups is 1. The van der Waals surface area contributed by atoms with Crippen LogP contribution < -0.4 is 5.32 Å². The number of amides is 1. The molecular formula is C12H22N2O3. The van der Waals surface area contributed by atoms with Crippen molar-refractivity contribution in [2.75, 3.05) is 13.2 Å². The molecule has 2 aliphatic heterocycles. The number of nitrogens with one attached hydrogen (secondary N) is 1.